The van der Waals surface area contributed by atoms with E-state index in [1.165, 1.54) is 6.07 Å². The molecular formula is C16H21N3O4. The number of rotatable bonds is 5. The second-order valence-corrected chi connectivity index (χ2v) is 6.45. The number of carbonyl (C=O) groups excluding carboxylic acids is 1. The van der Waals surface area contributed by atoms with Crippen molar-refractivity contribution in [2.75, 3.05) is 18.4 Å². The lowest BCUT2D eigenvalue weighted by Crippen LogP contribution is -2.30. The Kier molecular flexibility index (Phi) is 4.21. The van der Waals surface area contributed by atoms with Gasteiger partial charge in [0.25, 0.3) is 11.6 Å². The number of nitro benzene ring substituents is 1. The lowest BCUT2D eigenvalue weighted by atomic mass is 10.0. The minimum atomic E-state index is -0.454. The molecule has 0 bridgehead atoms. The van der Waals surface area contributed by atoms with Gasteiger partial charge in [0, 0.05) is 36.7 Å². The molecule has 1 aliphatic carbocycles. The molecule has 3 rings (SSSR count). The van der Waals surface area contributed by atoms with Crippen molar-refractivity contribution in [3.05, 3.63) is 33.9 Å². The highest BCUT2D eigenvalue weighted by Gasteiger charge is 2.31. The van der Waals surface area contributed by atoms with Gasteiger partial charge in [0.15, 0.2) is 0 Å². The molecule has 1 aromatic carbocycles. The van der Waals surface area contributed by atoms with Gasteiger partial charge in [-0.1, -0.05) is 0 Å². The van der Waals surface area contributed by atoms with E-state index >= 15 is 0 Å². The fourth-order valence-electron chi connectivity index (χ4n) is 2.93. The van der Waals surface area contributed by atoms with Crippen molar-refractivity contribution in [2.24, 2.45) is 5.92 Å². The summed E-state index contributed by atoms with van der Waals surface area (Å²) in [6, 6.07) is 4.91. The number of amides is 1. The number of carbonyl (C=O) groups is 1. The van der Waals surface area contributed by atoms with E-state index in [2.05, 4.69) is 5.32 Å². The monoisotopic (exact) mass is 319 g/mol. The third-order valence-corrected chi connectivity index (χ3v) is 4.57. The van der Waals surface area contributed by atoms with Crippen LogP contribution in [0.25, 0.3) is 0 Å². The van der Waals surface area contributed by atoms with Gasteiger partial charge >= 0.3 is 0 Å². The van der Waals surface area contributed by atoms with Crippen LogP contribution >= 0.6 is 0 Å². The molecule has 2 atom stereocenters. The molecule has 2 aliphatic rings. The number of aliphatic hydroxyl groups excluding tert-OH is 1. The molecule has 1 heterocycles. The number of nitrogens with one attached hydrogen (secondary N) is 1. The lowest BCUT2D eigenvalue weighted by molar-refractivity contribution is -0.384. The van der Waals surface area contributed by atoms with E-state index in [4.69, 9.17) is 0 Å². The Morgan fingerprint density at radius 1 is 1.43 bits per heavy atom. The smallest absolute Gasteiger partial charge is 0.293 e. The van der Waals surface area contributed by atoms with Crippen LogP contribution < -0.4 is 5.32 Å². The molecule has 1 saturated heterocycles. The highest BCUT2D eigenvalue weighted by molar-refractivity contribution is 5.96. The van der Waals surface area contributed by atoms with Crippen molar-refractivity contribution >= 4 is 17.3 Å². The number of likely N-dealkylation sites (tertiary alicyclic amines) is 1. The summed E-state index contributed by atoms with van der Waals surface area (Å²) in [7, 11) is 0. The molecule has 0 spiro atoms. The first kappa shape index (κ1) is 15.7. The summed E-state index contributed by atoms with van der Waals surface area (Å²) in [5.74, 6) is -0.140. The van der Waals surface area contributed by atoms with E-state index in [1.807, 2.05) is 0 Å². The molecule has 7 nitrogen and oxygen atoms in total. The number of nitrogens with zero attached hydrogens (tertiary/aromatic N) is 2. The molecule has 0 aromatic heterocycles. The predicted molar refractivity (Wildman–Crippen MR) is 85.4 cm³/mol. The number of aliphatic hydroxyl groups is 1. The summed E-state index contributed by atoms with van der Waals surface area (Å²) >= 11 is 0. The molecule has 2 unspecified atom stereocenters. The molecule has 1 aromatic rings. The summed E-state index contributed by atoms with van der Waals surface area (Å²) in [6.45, 7) is 2.79. The highest BCUT2D eigenvalue weighted by Crippen LogP contribution is 2.32. The van der Waals surface area contributed by atoms with Crippen molar-refractivity contribution in [3.63, 3.8) is 0 Å². The summed E-state index contributed by atoms with van der Waals surface area (Å²) < 4.78 is 0. The van der Waals surface area contributed by atoms with Gasteiger partial charge in [-0.2, -0.15) is 0 Å². The van der Waals surface area contributed by atoms with Crippen LogP contribution in [0.3, 0.4) is 0 Å². The maximum Gasteiger partial charge on any atom is 0.293 e. The summed E-state index contributed by atoms with van der Waals surface area (Å²) in [5.41, 5.74) is 0.732. The van der Waals surface area contributed by atoms with Crippen molar-refractivity contribution in [1.29, 1.82) is 0 Å². The fraction of sp³-hybridized carbons (Fsp3) is 0.562. The largest absolute Gasteiger partial charge is 0.393 e. The molecule has 2 fully saturated rings. The standard InChI is InChI=1S/C16H21N3O4/c1-10(20)12-6-7-18(9-12)16(21)11-2-5-14(17-13-3-4-13)15(8-11)19(22)23/h2,5,8,10,12-13,17,20H,3-4,6-7,9H2,1H3. The maximum absolute atomic E-state index is 12.5. The number of hydrogen-bond acceptors (Lipinski definition) is 5. The minimum absolute atomic E-state index is 0.0611. The van der Waals surface area contributed by atoms with E-state index in [-0.39, 0.29) is 17.5 Å². The van der Waals surface area contributed by atoms with Crippen LogP contribution in [0.1, 0.15) is 36.5 Å². The van der Waals surface area contributed by atoms with Crippen molar-refractivity contribution in [2.45, 2.75) is 38.3 Å². The highest BCUT2D eigenvalue weighted by atomic mass is 16.6. The Bertz CT molecular complexity index is 628. The van der Waals surface area contributed by atoms with Crippen LogP contribution in [-0.2, 0) is 0 Å². The minimum Gasteiger partial charge on any atom is -0.393 e. The Labute approximate surface area is 134 Å². The Balaban J connectivity index is 1.78. The second kappa shape index (κ2) is 6.16. The van der Waals surface area contributed by atoms with Gasteiger partial charge in [0.1, 0.15) is 5.69 Å². The average molecular weight is 319 g/mol. The van der Waals surface area contributed by atoms with Gasteiger partial charge in [-0.15, -0.1) is 0 Å². The van der Waals surface area contributed by atoms with Crippen LogP contribution in [0.15, 0.2) is 18.2 Å². The van der Waals surface area contributed by atoms with Gasteiger partial charge < -0.3 is 15.3 Å². The Hall–Kier alpha value is -2.15. The normalized spacial score (nSPS) is 22.0. The zero-order valence-corrected chi connectivity index (χ0v) is 13.1. The molecule has 0 radical (unpaired) electrons. The molecule has 1 aliphatic heterocycles. The second-order valence-electron chi connectivity index (χ2n) is 6.45. The summed E-state index contributed by atoms with van der Waals surface area (Å²) in [5, 5.41) is 24.0. The van der Waals surface area contributed by atoms with Gasteiger partial charge in [0.2, 0.25) is 0 Å². The summed E-state index contributed by atoms with van der Waals surface area (Å²) in [6.07, 6.45) is 2.35. The first-order valence-electron chi connectivity index (χ1n) is 7.98. The fourth-order valence-corrected chi connectivity index (χ4v) is 2.93. The van der Waals surface area contributed by atoms with E-state index in [0.29, 0.717) is 30.4 Å². The molecule has 1 amide bonds. The van der Waals surface area contributed by atoms with Gasteiger partial charge in [-0.05, 0) is 38.3 Å². The number of anilines is 1. The molecule has 7 heteroatoms. The average Bonchev–Trinajstić information content (AvgIpc) is 3.18. The van der Waals surface area contributed by atoms with Crippen LogP contribution in [0.2, 0.25) is 0 Å². The predicted octanol–water partition coefficient (Wildman–Crippen LogP) is 2.01. The first-order chi connectivity index (χ1) is 11.0. The maximum atomic E-state index is 12.5. The van der Waals surface area contributed by atoms with E-state index in [0.717, 1.165) is 19.3 Å². The molecule has 1 saturated carbocycles. The zero-order valence-electron chi connectivity index (χ0n) is 13.1. The van der Waals surface area contributed by atoms with E-state index in [9.17, 15) is 20.0 Å². The zero-order chi connectivity index (χ0) is 16.6. The summed E-state index contributed by atoms with van der Waals surface area (Å²) in [4.78, 5) is 25.0. The molecule has 23 heavy (non-hydrogen) atoms. The van der Waals surface area contributed by atoms with Crippen LogP contribution in [0, 0.1) is 16.0 Å². The first-order valence-corrected chi connectivity index (χ1v) is 7.98. The quantitative estimate of drug-likeness (QED) is 0.639. The number of nitro groups is 1. The van der Waals surface area contributed by atoms with Crippen molar-refractivity contribution < 1.29 is 14.8 Å². The Morgan fingerprint density at radius 3 is 2.74 bits per heavy atom. The van der Waals surface area contributed by atoms with Crippen LogP contribution in [0.5, 0.6) is 0 Å². The van der Waals surface area contributed by atoms with Gasteiger partial charge in [-0.25, -0.2) is 0 Å². The number of benzene rings is 1. The Morgan fingerprint density at radius 2 is 2.17 bits per heavy atom. The topological polar surface area (TPSA) is 95.7 Å². The van der Waals surface area contributed by atoms with E-state index < -0.39 is 11.0 Å². The van der Waals surface area contributed by atoms with Crippen molar-refractivity contribution in [1.82, 2.24) is 4.90 Å². The SMILES string of the molecule is CC(O)C1CCN(C(=O)c2ccc(NC3CC3)c([N+](=O)[O-])c2)C1. The lowest BCUT2D eigenvalue weighted by Gasteiger charge is -2.18. The van der Waals surface area contributed by atoms with Gasteiger partial charge in [0.05, 0.1) is 11.0 Å². The van der Waals surface area contributed by atoms with Gasteiger partial charge in [-0.3, -0.25) is 14.9 Å². The number of hydrogen-bond donors (Lipinski definition) is 2. The third kappa shape index (κ3) is 3.44. The third-order valence-electron chi connectivity index (χ3n) is 4.57. The van der Waals surface area contributed by atoms with E-state index in [1.54, 1.807) is 24.0 Å². The molecular weight excluding hydrogens is 298 g/mol. The van der Waals surface area contributed by atoms with Crippen LogP contribution in [0.4, 0.5) is 11.4 Å². The molecule has 124 valence electrons. The van der Waals surface area contributed by atoms with Crippen LogP contribution in [-0.4, -0.2) is 46.1 Å². The molecule has 2 N–H and O–H groups in total. The van der Waals surface area contributed by atoms with Crippen molar-refractivity contribution in [3.8, 4) is 0 Å².